The molecule has 0 saturated carbocycles. The van der Waals surface area contributed by atoms with Crippen LogP contribution in [0.4, 0.5) is 11.6 Å². The van der Waals surface area contributed by atoms with Crippen LogP contribution in [-0.4, -0.2) is 48.1 Å². The fourth-order valence-corrected chi connectivity index (χ4v) is 2.25. The van der Waals surface area contributed by atoms with E-state index < -0.39 is 0 Å². The lowest BCUT2D eigenvalue weighted by Gasteiger charge is -2.21. The number of anilines is 2. The molecule has 0 radical (unpaired) electrons. The molecule has 0 aliphatic carbocycles. The largest absolute Gasteiger partial charge is 0.370 e. The van der Waals surface area contributed by atoms with Gasteiger partial charge in [0.25, 0.3) is 0 Å². The maximum atomic E-state index is 4.43. The molecule has 0 aromatic carbocycles. The first-order valence-corrected chi connectivity index (χ1v) is 7.57. The van der Waals surface area contributed by atoms with Crippen molar-refractivity contribution in [3.05, 3.63) is 11.9 Å². The smallest absolute Gasteiger partial charge is 0.134 e. The second kappa shape index (κ2) is 8.74. The van der Waals surface area contributed by atoms with Gasteiger partial charge in [0.15, 0.2) is 0 Å². The summed E-state index contributed by atoms with van der Waals surface area (Å²) < 4.78 is 0. The van der Waals surface area contributed by atoms with Gasteiger partial charge in [0.05, 0.1) is 0 Å². The summed E-state index contributed by atoms with van der Waals surface area (Å²) in [6, 6.07) is 0.356. The van der Waals surface area contributed by atoms with Crippen molar-refractivity contribution in [2.24, 2.45) is 0 Å². The molecule has 0 aliphatic heterocycles. The first kappa shape index (κ1) is 16.7. The van der Waals surface area contributed by atoms with Crippen molar-refractivity contribution in [3.63, 3.8) is 0 Å². The maximum Gasteiger partial charge on any atom is 0.134 e. The summed E-state index contributed by atoms with van der Waals surface area (Å²) in [4.78, 5) is 11.0. The predicted molar refractivity (Wildman–Crippen MR) is 86.4 cm³/mol. The van der Waals surface area contributed by atoms with Gasteiger partial charge in [-0.3, -0.25) is 0 Å². The van der Waals surface area contributed by atoms with Crippen molar-refractivity contribution in [2.45, 2.75) is 46.1 Å². The standard InChI is InChI=1S/C15H29N5/c1-6-8-13-14(16-9-7-2)17-11-18-15(13)19-12(3)10-20(4)5/h11-12H,6-10H2,1-5H3,(H2,16,17,18,19). The number of likely N-dealkylation sites (N-methyl/N-ethyl adjacent to an activating group) is 1. The van der Waals surface area contributed by atoms with E-state index in [1.165, 1.54) is 5.56 Å². The van der Waals surface area contributed by atoms with Gasteiger partial charge in [-0.1, -0.05) is 20.3 Å². The molecule has 5 heteroatoms. The van der Waals surface area contributed by atoms with Crippen LogP contribution < -0.4 is 10.6 Å². The second-order valence-electron chi connectivity index (χ2n) is 5.53. The zero-order valence-corrected chi connectivity index (χ0v) is 13.5. The van der Waals surface area contributed by atoms with Gasteiger partial charge in [-0.05, 0) is 33.9 Å². The van der Waals surface area contributed by atoms with Gasteiger partial charge in [-0.2, -0.15) is 0 Å². The van der Waals surface area contributed by atoms with E-state index in [1.807, 2.05) is 0 Å². The second-order valence-corrected chi connectivity index (χ2v) is 5.53. The third kappa shape index (κ3) is 5.33. The van der Waals surface area contributed by atoms with Crippen LogP contribution in [0.15, 0.2) is 6.33 Å². The van der Waals surface area contributed by atoms with E-state index in [2.05, 4.69) is 60.4 Å². The van der Waals surface area contributed by atoms with Crippen molar-refractivity contribution in [1.29, 1.82) is 0 Å². The molecular formula is C15H29N5. The van der Waals surface area contributed by atoms with Gasteiger partial charge in [-0.15, -0.1) is 0 Å². The summed E-state index contributed by atoms with van der Waals surface area (Å²) >= 11 is 0. The minimum Gasteiger partial charge on any atom is -0.370 e. The van der Waals surface area contributed by atoms with Gasteiger partial charge >= 0.3 is 0 Å². The van der Waals surface area contributed by atoms with Crippen LogP contribution >= 0.6 is 0 Å². The Morgan fingerprint density at radius 2 is 1.85 bits per heavy atom. The topological polar surface area (TPSA) is 53.1 Å². The SMILES string of the molecule is CCCNc1ncnc(NC(C)CN(C)C)c1CCC. The minimum atomic E-state index is 0.356. The lowest BCUT2D eigenvalue weighted by atomic mass is 10.1. The Labute approximate surface area is 123 Å². The first-order valence-electron chi connectivity index (χ1n) is 7.57. The molecule has 1 aromatic heterocycles. The first-order chi connectivity index (χ1) is 9.58. The van der Waals surface area contributed by atoms with Crippen LogP contribution in [0.3, 0.4) is 0 Å². The lowest BCUT2D eigenvalue weighted by molar-refractivity contribution is 0.391. The van der Waals surface area contributed by atoms with Crippen LogP contribution in [-0.2, 0) is 6.42 Å². The Balaban J connectivity index is 2.87. The molecule has 0 aliphatic rings. The number of nitrogens with zero attached hydrogens (tertiary/aromatic N) is 3. The maximum absolute atomic E-state index is 4.43. The zero-order chi connectivity index (χ0) is 15.0. The third-order valence-corrected chi connectivity index (χ3v) is 3.01. The summed E-state index contributed by atoms with van der Waals surface area (Å²) in [6.45, 7) is 8.44. The highest BCUT2D eigenvalue weighted by atomic mass is 15.1. The summed E-state index contributed by atoms with van der Waals surface area (Å²) in [5, 5.41) is 6.91. The fourth-order valence-electron chi connectivity index (χ4n) is 2.25. The Morgan fingerprint density at radius 1 is 1.15 bits per heavy atom. The number of rotatable bonds is 9. The summed E-state index contributed by atoms with van der Waals surface area (Å²) in [5.41, 5.74) is 1.20. The van der Waals surface area contributed by atoms with E-state index in [-0.39, 0.29) is 0 Å². The molecule has 1 rings (SSSR count). The Bertz CT molecular complexity index is 392. The van der Waals surface area contributed by atoms with E-state index in [0.717, 1.165) is 44.0 Å². The molecule has 1 atom stereocenters. The summed E-state index contributed by atoms with van der Waals surface area (Å²) in [6.07, 6.45) is 4.81. The highest BCUT2D eigenvalue weighted by Crippen LogP contribution is 2.22. The molecule has 1 aromatic rings. The Morgan fingerprint density at radius 3 is 2.45 bits per heavy atom. The van der Waals surface area contributed by atoms with Crippen LogP contribution in [0.25, 0.3) is 0 Å². The average molecular weight is 279 g/mol. The summed E-state index contributed by atoms with van der Waals surface area (Å²) in [5.74, 6) is 1.94. The number of nitrogens with one attached hydrogen (secondary N) is 2. The number of aromatic nitrogens is 2. The molecule has 1 heterocycles. The highest BCUT2D eigenvalue weighted by molar-refractivity contribution is 5.57. The third-order valence-electron chi connectivity index (χ3n) is 3.01. The molecule has 0 amide bonds. The van der Waals surface area contributed by atoms with E-state index in [0.29, 0.717) is 6.04 Å². The molecule has 0 fully saturated rings. The van der Waals surface area contributed by atoms with Crippen molar-refractivity contribution >= 4 is 11.6 Å². The Kier molecular flexibility index (Phi) is 7.30. The molecule has 5 nitrogen and oxygen atoms in total. The lowest BCUT2D eigenvalue weighted by Crippen LogP contribution is -2.30. The normalized spacial score (nSPS) is 12.5. The van der Waals surface area contributed by atoms with E-state index in [1.54, 1.807) is 6.33 Å². The number of hydrogen-bond acceptors (Lipinski definition) is 5. The monoisotopic (exact) mass is 279 g/mol. The molecular weight excluding hydrogens is 250 g/mol. The van der Waals surface area contributed by atoms with E-state index in [9.17, 15) is 0 Å². The van der Waals surface area contributed by atoms with Gasteiger partial charge < -0.3 is 15.5 Å². The van der Waals surface area contributed by atoms with Crippen molar-refractivity contribution in [3.8, 4) is 0 Å². The predicted octanol–water partition coefficient (Wildman–Crippen LogP) is 2.61. The molecule has 0 saturated heterocycles. The fraction of sp³-hybridized carbons (Fsp3) is 0.733. The van der Waals surface area contributed by atoms with Gasteiger partial charge in [0.2, 0.25) is 0 Å². The molecule has 20 heavy (non-hydrogen) atoms. The van der Waals surface area contributed by atoms with Crippen LogP contribution in [0.5, 0.6) is 0 Å². The van der Waals surface area contributed by atoms with Crippen LogP contribution in [0.1, 0.15) is 39.2 Å². The van der Waals surface area contributed by atoms with Crippen molar-refractivity contribution < 1.29 is 0 Å². The molecule has 0 spiro atoms. The minimum absolute atomic E-state index is 0.356. The van der Waals surface area contributed by atoms with Crippen molar-refractivity contribution in [2.75, 3.05) is 37.8 Å². The quantitative estimate of drug-likeness (QED) is 0.728. The Hall–Kier alpha value is -1.36. The van der Waals surface area contributed by atoms with Crippen molar-refractivity contribution in [1.82, 2.24) is 14.9 Å². The van der Waals surface area contributed by atoms with Gasteiger partial charge in [0, 0.05) is 24.7 Å². The van der Waals surface area contributed by atoms with E-state index in [4.69, 9.17) is 0 Å². The van der Waals surface area contributed by atoms with E-state index >= 15 is 0 Å². The van der Waals surface area contributed by atoms with Crippen LogP contribution in [0.2, 0.25) is 0 Å². The molecule has 114 valence electrons. The average Bonchev–Trinajstić information content (AvgIpc) is 2.38. The van der Waals surface area contributed by atoms with Gasteiger partial charge in [0.1, 0.15) is 18.0 Å². The molecule has 1 unspecified atom stereocenters. The molecule has 0 bridgehead atoms. The highest BCUT2D eigenvalue weighted by Gasteiger charge is 2.12. The van der Waals surface area contributed by atoms with Crippen LogP contribution in [0, 0.1) is 0 Å². The molecule has 2 N–H and O–H groups in total. The zero-order valence-electron chi connectivity index (χ0n) is 13.5. The summed E-state index contributed by atoms with van der Waals surface area (Å²) in [7, 11) is 4.17. The number of hydrogen-bond donors (Lipinski definition) is 2. The van der Waals surface area contributed by atoms with Gasteiger partial charge in [-0.25, -0.2) is 9.97 Å².